The van der Waals surface area contributed by atoms with Gasteiger partial charge in [0.1, 0.15) is 11.5 Å². The SMILES string of the molecule is O=C(Nc1ccccc1)c1cccc(NC2CC2)n1. The molecule has 0 saturated heterocycles. The van der Waals surface area contributed by atoms with E-state index in [2.05, 4.69) is 15.6 Å². The van der Waals surface area contributed by atoms with Crippen molar-refractivity contribution in [1.82, 2.24) is 4.98 Å². The normalized spacial score (nSPS) is 13.9. The van der Waals surface area contributed by atoms with E-state index in [-0.39, 0.29) is 5.91 Å². The Morgan fingerprint density at radius 2 is 1.84 bits per heavy atom. The Kier molecular flexibility index (Phi) is 3.14. The highest BCUT2D eigenvalue weighted by molar-refractivity contribution is 6.03. The molecular weight excluding hydrogens is 238 g/mol. The van der Waals surface area contributed by atoms with Crippen LogP contribution in [-0.2, 0) is 0 Å². The summed E-state index contributed by atoms with van der Waals surface area (Å²) in [5, 5.41) is 6.11. The molecule has 1 amide bonds. The number of benzene rings is 1. The number of anilines is 2. The van der Waals surface area contributed by atoms with Crippen molar-refractivity contribution in [3.63, 3.8) is 0 Å². The summed E-state index contributed by atoms with van der Waals surface area (Å²) in [4.78, 5) is 16.4. The fourth-order valence-electron chi connectivity index (χ4n) is 1.79. The van der Waals surface area contributed by atoms with Crippen molar-refractivity contribution in [2.45, 2.75) is 18.9 Å². The van der Waals surface area contributed by atoms with Gasteiger partial charge in [-0.1, -0.05) is 24.3 Å². The van der Waals surface area contributed by atoms with E-state index in [1.165, 1.54) is 12.8 Å². The monoisotopic (exact) mass is 253 g/mol. The van der Waals surface area contributed by atoms with Gasteiger partial charge in [-0.15, -0.1) is 0 Å². The summed E-state index contributed by atoms with van der Waals surface area (Å²) < 4.78 is 0. The van der Waals surface area contributed by atoms with Gasteiger partial charge in [0.2, 0.25) is 0 Å². The van der Waals surface area contributed by atoms with Crippen LogP contribution in [0.1, 0.15) is 23.3 Å². The average molecular weight is 253 g/mol. The Morgan fingerprint density at radius 1 is 1.05 bits per heavy atom. The highest BCUT2D eigenvalue weighted by Crippen LogP contribution is 2.23. The van der Waals surface area contributed by atoms with Gasteiger partial charge < -0.3 is 10.6 Å². The highest BCUT2D eigenvalue weighted by Gasteiger charge is 2.21. The van der Waals surface area contributed by atoms with Crippen molar-refractivity contribution in [2.24, 2.45) is 0 Å². The topological polar surface area (TPSA) is 54.0 Å². The molecule has 0 radical (unpaired) electrons. The summed E-state index contributed by atoms with van der Waals surface area (Å²) in [7, 11) is 0. The maximum absolute atomic E-state index is 12.1. The number of nitrogens with zero attached hydrogens (tertiary/aromatic N) is 1. The summed E-state index contributed by atoms with van der Waals surface area (Å²) in [5.74, 6) is 0.578. The smallest absolute Gasteiger partial charge is 0.274 e. The molecule has 2 N–H and O–H groups in total. The summed E-state index contributed by atoms with van der Waals surface area (Å²) >= 11 is 0. The molecule has 0 spiro atoms. The molecule has 0 unspecified atom stereocenters. The van der Waals surface area contributed by atoms with Crippen LogP contribution in [0.2, 0.25) is 0 Å². The minimum Gasteiger partial charge on any atom is -0.367 e. The molecule has 1 fully saturated rings. The third-order valence-electron chi connectivity index (χ3n) is 2.94. The van der Waals surface area contributed by atoms with Crippen LogP contribution in [0.25, 0.3) is 0 Å². The van der Waals surface area contributed by atoms with Crippen molar-refractivity contribution in [3.05, 3.63) is 54.2 Å². The minimum atomic E-state index is -0.189. The van der Waals surface area contributed by atoms with Gasteiger partial charge in [0, 0.05) is 11.7 Å². The van der Waals surface area contributed by atoms with E-state index in [4.69, 9.17) is 0 Å². The number of para-hydroxylation sites is 1. The molecule has 0 atom stereocenters. The number of pyridine rings is 1. The molecule has 4 heteroatoms. The molecule has 1 heterocycles. The first-order chi connectivity index (χ1) is 9.31. The second-order valence-corrected chi connectivity index (χ2v) is 4.65. The van der Waals surface area contributed by atoms with Crippen LogP contribution >= 0.6 is 0 Å². The number of amides is 1. The lowest BCUT2D eigenvalue weighted by atomic mass is 10.3. The van der Waals surface area contributed by atoms with E-state index >= 15 is 0 Å². The molecule has 1 aliphatic carbocycles. The number of carbonyl (C=O) groups is 1. The van der Waals surface area contributed by atoms with Crippen LogP contribution in [0.15, 0.2) is 48.5 Å². The third kappa shape index (κ3) is 3.10. The van der Waals surface area contributed by atoms with E-state index in [9.17, 15) is 4.79 Å². The summed E-state index contributed by atoms with van der Waals surface area (Å²) in [6.45, 7) is 0. The predicted octanol–water partition coefficient (Wildman–Crippen LogP) is 2.91. The summed E-state index contributed by atoms with van der Waals surface area (Å²) in [6, 6.07) is 15.4. The molecular formula is C15H15N3O. The molecule has 19 heavy (non-hydrogen) atoms. The van der Waals surface area contributed by atoms with E-state index in [1.807, 2.05) is 42.5 Å². The Morgan fingerprint density at radius 3 is 2.58 bits per heavy atom. The fraction of sp³-hybridized carbons (Fsp3) is 0.200. The van der Waals surface area contributed by atoms with Gasteiger partial charge in [0.05, 0.1) is 0 Å². The van der Waals surface area contributed by atoms with E-state index in [0.29, 0.717) is 11.7 Å². The van der Waals surface area contributed by atoms with Crippen LogP contribution in [-0.4, -0.2) is 16.9 Å². The van der Waals surface area contributed by atoms with Gasteiger partial charge in [-0.25, -0.2) is 4.98 Å². The van der Waals surface area contributed by atoms with Crippen molar-refractivity contribution >= 4 is 17.4 Å². The van der Waals surface area contributed by atoms with E-state index < -0.39 is 0 Å². The van der Waals surface area contributed by atoms with Gasteiger partial charge in [0.15, 0.2) is 0 Å². The lowest BCUT2D eigenvalue weighted by Gasteiger charge is -2.07. The summed E-state index contributed by atoms with van der Waals surface area (Å²) in [6.07, 6.45) is 2.37. The second kappa shape index (κ2) is 5.10. The van der Waals surface area contributed by atoms with Crippen LogP contribution in [0.4, 0.5) is 11.5 Å². The molecule has 3 rings (SSSR count). The Labute approximate surface area is 111 Å². The molecule has 1 aliphatic rings. The number of rotatable bonds is 4. The fourth-order valence-corrected chi connectivity index (χ4v) is 1.79. The average Bonchev–Trinajstić information content (AvgIpc) is 3.24. The number of nitrogens with one attached hydrogen (secondary N) is 2. The van der Waals surface area contributed by atoms with Crippen LogP contribution < -0.4 is 10.6 Å². The third-order valence-corrected chi connectivity index (χ3v) is 2.94. The number of carbonyl (C=O) groups excluding carboxylic acids is 1. The Balaban J connectivity index is 1.72. The maximum Gasteiger partial charge on any atom is 0.274 e. The molecule has 1 aromatic carbocycles. The standard InChI is InChI=1S/C15H15N3O/c19-15(17-11-5-2-1-3-6-11)13-7-4-8-14(18-13)16-12-9-10-12/h1-8,12H,9-10H2,(H,16,18)(H,17,19). The first-order valence-corrected chi connectivity index (χ1v) is 6.41. The van der Waals surface area contributed by atoms with Gasteiger partial charge in [-0.3, -0.25) is 4.79 Å². The van der Waals surface area contributed by atoms with Crippen LogP contribution in [0.3, 0.4) is 0 Å². The second-order valence-electron chi connectivity index (χ2n) is 4.65. The zero-order valence-electron chi connectivity index (χ0n) is 10.5. The highest BCUT2D eigenvalue weighted by atomic mass is 16.1. The van der Waals surface area contributed by atoms with Crippen molar-refractivity contribution in [2.75, 3.05) is 10.6 Å². The van der Waals surface area contributed by atoms with Crippen molar-refractivity contribution in [1.29, 1.82) is 0 Å². The zero-order valence-corrected chi connectivity index (χ0v) is 10.5. The number of hydrogen-bond acceptors (Lipinski definition) is 3. The molecule has 4 nitrogen and oxygen atoms in total. The van der Waals surface area contributed by atoms with Gasteiger partial charge in [-0.2, -0.15) is 0 Å². The predicted molar refractivity (Wildman–Crippen MR) is 75.3 cm³/mol. The van der Waals surface area contributed by atoms with Crippen LogP contribution in [0.5, 0.6) is 0 Å². The molecule has 1 aromatic heterocycles. The Hall–Kier alpha value is -2.36. The molecule has 0 bridgehead atoms. The molecule has 1 saturated carbocycles. The number of hydrogen-bond donors (Lipinski definition) is 2. The maximum atomic E-state index is 12.1. The molecule has 2 aromatic rings. The van der Waals surface area contributed by atoms with E-state index in [0.717, 1.165) is 11.5 Å². The van der Waals surface area contributed by atoms with Gasteiger partial charge >= 0.3 is 0 Å². The minimum absolute atomic E-state index is 0.189. The molecule has 96 valence electrons. The summed E-state index contributed by atoms with van der Waals surface area (Å²) in [5.41, 5.74) is 1.20. The van der Waals surface area contributed by atoms with Gasteiger partial charge in [0.25, 0.3) is 5.91 Å². The zero-order chi connectivity index (χ0) is 13.1. The van der Waals surface area contributed by atoms with Crippen molar-refractivity contribution < 1.29 is 4.79 Å². The molecule has 0 aliphatic heterocycles. The lowest BCUT2D eigenvalue weighted by Crippen LogP contribution is -2.14. The largest absolute Gasteiger partial charge is 0.367 e. The number of aromatic nitrogens is 1. The lowest BCUT2D eigenvalue weighted by molar-refractivity contribution is 0.102. The Bertz CT molecular complexity index is 579. The van der Waals surface area contributed by atoms with Crippen molar-refractivity contribution in [3.8, 4) is 0 Å². The first-order valence-electron chi connectivity index (χ1n) is 6.41. The first kappa shape index (κ1) is 11.7. The van der Waals surface area contributed by atoms with Crippen LogP contribution in [0, 0.1) is 0 Å². The van der Waals surface area contributed by atoms with Gasteiger partial charge in [-0.05, 0) is 37.1 Å². The van der Waals surface area contributed by atoms with E-state index in [1.54, 1.807) is 6.07 Å². The quantitative estimate of drug-likeness (QED) is 0.880.